The zero-order valence-corrected chi connectivity index (χ0v) is 15.7. The van der Waals surface area contributed by atoms with E-state index in [9.17, 15) is 9.18 Å². The largest absolute Gasteiger partial charge is 0.325 e. The molecule has 0 aromatic heterocycles. The number of carbonyl (C=O) groups is 1. The predicted molar refractivity (Wildman–Crippen MR) is 106 cm³/mol. The molecule has 0 saturated heterocycles. The van der Waals surface area contributed by atoms with Crippen LogP contribution in [0.15, 0.2) is 77.7 Å². The fourth-order valence-electron chi connectivity index (χ4n) is 2.43. The maximum atomic E-state index is 13.4. The molecule has 0 fully saturated rings. The van der Waals surface area contributed by atoms with Crippen LogP contribution in [0.5, 0.6) is 0 Å². The summed E-state index contributed by atoms with van der Waals surface area (Å²) in [5.41, 5.74) is 2.72. The Morgan fingerprint density at radius 3 is 2.38 bits per heavy atom. The molecule has 0 aliphatic rings. The van der Waals surface area contributed by atoms with Crippen molar-refractivity contribution < 1.29 is 9.18 Å². The fraction of sp³-hybridized carbons (Fsp3) is 0.0952. The van der Waals surface area contributed by atoms with E-state index in [1.807, 2.05) is 61.5 Å². The lowest BCUT2D eigenvalue weighted by atomic mass is 10.1. The molecule has 0 spiro atoms. The Hall–Kier alpha value is -2.30. The highest BCUT2D eigenvalue weighted by Crippen LogP contribution is 2.37. The normalized spacial score (nSPS) is 11.8. The Bertz CT molecular complexity index is 900. The van der Waals surface area contributed by atoms with Crippen molar-refractivity contribution in [1.29, 1.82) is 0 Å². The van der Waals surface area contributed by atoms with Gasteiger partial charge in [-0.05, 0) is 42.8 Å². The van der Waals surface area contributed by atoms with Gasteiger partial charge in [-0.2, -0.15) is 0 Å². The van der Waals surface area contributed by atoms with E-state index in [0.29, 0.717) is 0 Å². The second-order valence-electron chi connectivity index (χ2n) is 5.84. The first-order valence-corrected chi connectivity index (χ1v) is 9.33. The topological polar surface area (TPSA) is 29.1 Å². The molecule has 1 N–H and O–H groups in total. The van der Waals surface area contributed by atoms with Gasteiger partial charge in [0.25, 0.3) is 0 Å². The van der Waals surface area contributed by atoms with E-state index in [-0.39, 0.29) is 10.9 Å². The Balaban J connectivity index is 1.86. The summed E-state index contributed by atoms with van der Waals surface area (Å²) in [6, 6.07) is 21.6. The molecule has 1 amide bonds. The standard InChI is InChI=1S/C21H17ClFNOS/c1-14-7-9-16(10-8-14)24-21(25)20(15-5-3-2-4-6-15)26-17-11-12-19(23)18(22)13-17/h2-13,20H,1H3,(H,24,25). The van der Waals surface area contributed by atoms with Crippen LogP contribution < -0.4 is 5.32 Å². The van der Waals surface area contributed by atoms with Gasteiger partial charge in [-0.1, -0.05) is 59.6 Å². The third-order valence-electron chi connectivity index (χ3n) is 3.80. The molecular weight excluding hydrogens is 369 g/mol. The Morgan fingerprint density at radius 1 is 1.04 bits per heavy atom. The van der Waals surface area contributed by atoms with E-state index in [2.05, 4.69) is 5.32 Å². The Kier molecular flexibility index (Phi) is 5.96. The van der Waals surface area contributed by atoms with Gasteiger partial charge in [0.05, 0.1) is 5.02 Å². The van der Waals surface area contributed by atoms with Crippen molar-refractivity contribution in [2.45, 2.75) is 17.1 Å². The lowest BCUT2D eigenvalue weighted by molar-refractivity contribution is -0.115. The average Bonchev–Trinajstić information content (AvgIpc) is 2.65. The summed E-state index contributed by atoms with van der Waals surface area (Å²) in [5, 5.41) is 2.50. The summed E-state index contributed by atoms with van der Waals surface area (Å²) >= 11 is 7.21. The summed E-state index contributed by atoms with van der Waals surface area (Å²) in [5.74, 6) is -0.623. The third-order valence-corrected chi connectivity index (χ3v) is 5.34. The minimum atomic E-state index is -0.487. The number of hydrogen-bond acceptors (Lipinski definition) is 2. The molecule has 3 aromatic carbocycles. The van der Waals surface area contributed by atoms with E-state index in [0.717, 1.165) is 21.7 Å². The second-order valence-corrected chi connectivity index (χ2v) is 7.43. The van der Waals surface area contributed by atoms with Crippen LogP contribution in [0, 0.1) is 12.7 Å². The molecule has 5 heteroatoms. The Morgan fingerprint density at radius 2 is 1.73 bits per heavy atom. The van der Waals surface area contributed by atoms with Crippen molar-refractivity contribution in [3.05, 3.63) is 94.8 Å². The van der Waals surface area contributed by atoms with E-state index in [1.54, 1.807) is 6.07 Å². The van der Waals surface area contributed by atoms with Gasteiger partial charge in [0.2, 0.25) is 5.91 Å². The van der Waals surface area contributed by atoms with Crippen molar-refractivity contribution in [1.82, 2.24) is 0 Å². The lowest BCUT2D eigenvalue weighted by Gasteiger charge is -2.17. The van der Waals surface area contributed by atoms with Crippen LogP contribution in [0.2, 0.25) is 5.02 Å². The maximum absolute atomic E-state index is 13.4. The number of carbonyl (C=O) groups excluding carboxylic acids is 1. The van der Waals surface area contributed by atoms with Crippen LogP contribution >= 0.6 is 23.4 Å². The molecule has 0 heterocycles. The van der Waals surface area contributed by atoms with Gasteiger partial charge in [0.1, 0.15) is 11.1 Å². The highest BCUT2D eigenvalue weighted by molar-refractivity contribution is 8.00. The molecule has 0 aliphatic carbocycles. The van der Waals surface area contributed by atoms with E-state index in [4.69, 9.17) is 11.6 Å². The molecule has 1 unspecified atom stereocenters. The summed E-state index contributed by atoms with van der Waals surface area (Å²) in [7, 11) is 0. The van der Waals surface area contributed by atoms with Gasteiger partial charge < -0.3 is 5.32 Å². The van der Waals surface area contributed by atoms with Crippen molar-refractivity contribution in [2.75, 3.05) is 5.32 Å². The molecule has 0 aliphatic heterocycles. The SMILES string of the molecule is Cc1ccc(NC(=O)C(Sc2ccc(F)c(Cl)c2)c2ccccc2)cc1. The van der Waals surface area contributed by atoms with Gasteiger partial charge in [0, 0.05) is 10.6 Å². The molecule has 3 rings (SSSR count). The van der Waals surface area contributed by atoms with E-state index < -0.39 is 11.1 Å². The number of halogens is 2. The van der Waals surface area contributed by atoms with Crippen molar-refractivity contribution >= 4 is 35.0 Å². The highest BCUT2D eigenvalue weighted by Gasteiger charge is 2.22. The van der Waals surface area contributed by atoms with Gasteiger partial charge >= 0.3 is 0 Å². The van der Waals surface area contributed by atoms with Crippen LogP contribution in [-0.2, 0) is 4.79 Å². The first kappa shape index (κ1) is 18.5. The number of hydrogen-bond donors (Lipinski definition) is 1. The third kappa shape index (κ3) is 4.65. The number of rotatable bonds is 5. The minimum Gasteiger partial charge on any atom is -0.325 e. The first-order valence-electron chi connectivity index (χ1n) is 8.07. The Labute approximate surface area is 161 Å². The number of aryl methyl sites for hydroxylation is 1. The molecule has 0 bridgehead atoms. The van der Waals surface area contributed by atoms with Crippen LogP contribution in [-0.4, -0.2) is 5.91 Å². The summed E-state index contributed by atoms with van der Waals surface area (Å²) in [4.78, 5) is 13.6. The first-order chi connectivity index (χ1) is 12.5. The average molecular weight is 386 g/mol. The zero-order chi connectivity index (χ0) is 18.5. The van der Waals surface area contributed by atoms with E-state index in [1.165, 1.54) is 23.9 Å². The predicted octanol–water partition coefficient (Wildman–Crippen LogP) is 6.26. The van der Waals surface area contributed by atoms with Gasteiger partial charge in [0.15, 0.2) is 0 Å². The molecular formula is C21H17ClFNOS. The van der Waals surface area contributed by atoms with Crippen LogP contribution in [0.4, 0.5) is 10.1 Å². The smallest absolute Gasteiger partial charge is 0.242 e. The lowest BCUT2D eigenvalue weighted by Crippen LogP contribution is -2.19. The summed E-state index contributed by atoms with van der Waals surface area (Å²) < 4.78 is 13.4. The molecule has 1 atom stereocenters. The molecule has 0 radical (unpaired) electrons. The monoisotopic (exact) mass is 385 g/mol. The number of nitrogens with one attached hydrogen (secondary N) is 1. The van der Waals surface area contributed by atoms with Crippen LogP contribution in [0.1, 0.15) is 16.4 Å². The molecule has 26 heavy (non-hydrogen) atoms. The molecule has 132 valence electrons. The number of amides is 1. The quantitative estimate of drug-likeness (QED) is 0.525. The number of benzene rings is 3. The molecule has 0 saturated carbocycles. The van der Waals surface area contributed by atoms with Gasteiger partial charge in [-0.15, -0.1) is 11.8 Å². The van der Waals surface area contributed by atoms with E-state index >= 15 is 0 Å². The van der Waals surface area contributed by atoms with Crippen molar-refractivity contribution in [3.63, 3.8) is 0 Å². The van der Waals surface area contributed by atoms with Gasteiger partial charge in [-0.3, -0.25) is 4.79 Å². The van der Waals surface area contributed by atoms with Gasteiger partial charge in [-0.25, -0.2) is 4.39 Å². The van der Waals surface area contributed by atoms with Crippen LogP contribution in [0.3, 0.4) is 0 Å². The number of anilines is 1. The zero-order valence-electron chi connectivity index (χ0n) is 14.1. The molecule has 3 aromatic rings. The van der Waals surface area contributed by atoms with Crippen molar-refractivity contribution in [2.24, 2.45) is 0 Å². The fourth-order valence-corrected chi connectivity index (χ4v) is 3.74. The highest BCUT2D eigenvalue weighted by atomic mass is 35.5. The summed E-state index contributed by atoms with van der Waals surface area (Å²) in [6.45, 7) is 1.99. The maximum Gasteiger partial charge on any atom is 0.242 e. The molecule has 2 nitrogen and oxygen atoms in total. The minimum absolute atomic E-state index is 0.0424. The van der Waals surface area contributed by atoms with Crippen LogP contribution in [0.25, 0.3) is 0 Å². The second kappa shape index (κ2) is 8.39. The summed E-state index contributed by atoms with van der Waals surface area (Å²) in [6.07, 6.45) is 0. The van der Waals surface area contributed by atoms with Crippen molar-refractivity contribution in [3.8, 4) is 0 Å². The number of thioether (sulfide) groups is 1.